The van der Waals surface area contributed by atoms with E-state index in [-0.39, 0.29) is 16.9 Å². The molecule has 0 saturated heterocycles. The Hall–Kier alpha value is -2.77. The number of imidazole rings is 1. The molecule has 0 fully saturated rings. The molecule has 0 bridgehead atoms. The molecular formula is C16H15N5O2. The SMILES string of the molecule is O=C(NC1Cc2ccccc2C1)C1=NC=C(n2ccnc2)[NH+]1[O-]. The molecule has 0 saturated carbocycles. The quantitative estimate of drug-likeness (QED) is 0.764. The van der Waals surface area contributed by atoms with Crippen LogP contribution >= 0.6 is 0 Å². The van der Waals surface area contributed by atoms with Gasteiger partial charge < -0.3 is 10.5 Å². The van der Waals surface area contributed by atoms with Crippen molar-refractivity contribution in [3.05, 3.63) is 65.5 Å². The standard InChI is InChI=1S/C16H15N5O2/c22-16(19-13-7-11-3-1-2-4-12(11)8-13)15-18-9-14(21(15)23)20-6-5-17-10-20/h1-6,9-10,13,21H,7-8H2,(H,19,22). The summed E-state index contributed by atoms with van der Waals surface area (Å²) in [5.41, 5.74) is 2.49. The van der Waals surface area contributed by atoms with E-state index < -0.39 is 5.91 Å². The Morgan fingerprint density at radius 2 is 2.04 bits per heavy atom. The molecule has 7 heteroatoms. The van der Waals surface area contributed by atoms with E-state index in [1.165, 1.54) is 23.7 Å². The molecule has 2 aliphatic rings. The summed E-state index contributed by atoms with van der Waals surface area (Å²) in [5.74, 6) is -0.147. The molecule has 2 aromatic rings. The van der Waals surface area contributed by atoms with Crippen LogP contribution < -0.4 is 10.4 Å². The molecule has 23 heavy (non-hydrogen) atoms. The Morgan fingerprint density at radius 1 is 1.30 bits per heavy atom. The van der Waals surface area contributed by atoms with E-state index in [0.29, 0.717) is 5.82 Å². The molecule has 7 nitrogen and oxygen atoms in total. The zero-order valence-electron chi connectivity index (χ0n) is 12.3. The fraction of sp³-hybridized carbons (Fsp3) is 0.188. The lowest BCUT2D eigenvalue weighted by Gasteiger charge is -2.20. The van der Waals surface area contributed by atoms with Crippen molar-refractivity contribution >= 4 is 17.6 Å². The van der Waals surface area contributed by atoms with Gasteiger partial charge in [0.25, 0.3) is 5.84 Å². The zero-order chi connectivity index (χ0) is 15.8. The topological polar surface area (TPSA) is 86.8 Å². The van der Waals surface area contributed by atoms with E-state index in [0.717, 1.165) is 12.8 Å². The molecule has 2 heterocycles. The lowest BCUT2D eigenvalue weighted by atomic mass is 10.1. The van der Waals surface area contributed by atoms with Crippen LogP contribution in [-0.2, 0) is 17.6 Å². The number of nitrogens with one attached hydrogen (secondary N) is 2. The summed E-state index contributed by atoms with van der Waals surface area (Å²) in [5, 5.41) is 14.9. The lowest BCUT2D eigenvalue weighted by Crippen LogP contribution is -3.08. The van der Waals surface area contributed by atoms with Crippen LogP contribution in [0, 0.1) is 5.21 Å². The molecule has 1 amide bonds. The number of hydroxylamine groups is 2. The largest absolute Gasteiger partial charge is 0.621 e. The highest BCUT2D eigenvalue weighted by molar-refractivity contribution is 6.35. The Bertz CT molecular complexity index is 785. The highest BCUT2D eigenvalue weighted by Gasteiger charge is 2.31. The van der Waals surface area contributed by atoms with E-state index in [1.807, 2.05) is 12.1 Å². The number of quaternary nitrogens is 1. The predicted molar refractivity (Wildman–Crippen MR) is 84.0 cm³/mol. The Morgan fingerprint density at radius 3 is 2.70 bits per heavy atom. The number of benzene rings is 1. The summed E-state index contributed by atoms with van der Waals surface area (Å²) in [4.78, 5) is 20.2. The second-order valence-corrected chi connectivity index (χ2v) is 5.64. The van der Waals surface area contributed by atoms with E-state index in [2.05, 4.69) is 27.4 Å². The van der Waals surface area contributed by atoms with E-state index >= 15 is 0 Å². The minimum absolute atomic E-state index is 0.00713. The van der Waals surface area contributed by atoms with Crippen LogP contribution in [-0.4, -0.2) is 27.3 Å². The molecule has 116 valence electrons. The number of hydrogen-bond acceptors (Lipinski definition) is 4. The molecule has 2 N–H and O–H groups in total. The van der Waals surface area contributed by atoms with Gasteiger partial charge in [-0.25, -0.2) is 4.98 Å². The van der Waals surface area contributed by atoms with Crippen molar-refractivity contribution in [3.63, 3.8) is 0 Å². The van der Waals surface area contributed by atoms with Crippen LogP contribution in [0.25, 0.3) is 5.82 Å². The molecule has 4 rings (SSSR count). The fourth-order valence-corrected chi connectivity index (χ4v) is 3.03. The average Bonchev–Trinajstić information content (AvgIpc) is 3.24. The molecule has 1 unspecified atom stereocenters. The smallest absolute Gasteiger partial charge is 0.327 e. The molecule has 0 spiro atoms. The number of hydrogen-bond donors (Lipinski definition) is 2. The van der Waals surface area contributed by atoms with E-state index in [1.54, 1.807) is 17.0 Å². The van der Waals surface area contributed by atoms with Crippen molar-refractivity contribution in [2.45, 2.75) is 18.9 Å². The third kappa shape index (κ3) is 2.45. The Labute approximate surface area is 132 Å². The van der Waals surface area contributed by atoms with Crippen LogP contribution in [0.2, 0.25) is 0 Å². The van der Waals surface area contributed by atoms with Crippen LogP contribution in [0.4, 0.5) is 0 Å². The van der Waals surface area contributed by atoms with Crippen LogP contribution in [0.15, 0.2) is 54.2 Å². The monoisotopic (exact) mass is 309 g/mol. The Balaban J connectivity index is 1.42. The molecule has 0 radical (unpaired) electrons. The van der Waals surface area contributed by atoms with Gasteiger partial charge in [0.2, 0.25) is 5.82 Å². The van der Waals surface area contributed by atoms with Crippen LogP contribution in [0.1, 0.15) is 11.1 Å². The van der Waals surface area contributed by atoms with Gasteiger partial charge in [-0.15, -0.1) is 0 Å². The first-order valence-electron chi connectivity index (χ1n) is 7.41. The van der Waals surface area contributed by atoms with Crippen molar-refractivity contribution in [2.24, 2.45) is 4.99 Å². The van der Waals surface area contributed by atoms with Gasteiger partial charge in [-0.05, 0) is 24.0 Å². The second kappa shape index (κ2) is 5.45. The van der Waals surface area contributed by atoms with E-state index in [9.17, 15) is 10.0 Å². The van der Waals surface area contributed by atoms with Gasteiger partial charge >= 0.3 is 5.91 Å². The molecule has 1 atom stereocenters. The number of amidine groups is 1. The fourth-order valence-electron chi connectivity index (χ4n) is 3.03. The van der Waals surface area contributed by atoms with Gasteiger partial charge in [0.05, 0.1) is 0 Å². The summed E-state index contributed by atoms with van der Waals surface area (Å²) in [7, 11) is 0. The zero-order valence-corrected chi connectivity index (χ0v) is 12.3. The van der Waals surface area contributed by atoms with Gasteiger partial charge in [0.15, 0.2) is 0 Å². The summed E-state index contributed by atoms with van der Waals surface area (Å²) >= 11 is 0. The highest BCUT2D eigenvalue weighted by atomic mass is 16.5. The predicted octanol–water partition coefficient (Wildman–Crippen LogP) is -0.283. The first kappa shape index (κ1) is 13.9. The van der Waals surface area contributed by atoms with E-state index in [4.69, 9.17) is 0 Å². The summed E-state index contributed by atoms with van der Waals surface area (Å²) in [6.45, 7) is 0. The average molecular weight is 309 g/mol. The maximum Gasteiger partial charge on any atom is 0.327 e. The van der Waals surface area contributed by atoms with Gasteiger partial charge in [0, 0.05) is 18.4 Å². The van der Waals surface area contributed by atoms with Crippen LogP contribution in [0.5, 0.6) is 0 Å². The minimum Gasteiger partial charge on any atom is -0.621 e. The van der Waals surface area contributed by atoms with Crippen LogP contribution in [0.3, 0.4) is 0 Å². The molecule has 1 aliphatic carbocycles. The van der Waals surface area contributed by atoms with Crippen molar-refractivity contribution in [3.8, 4) is 0 Å². The van der Waals surface area contributed by atoms with Gasteiger partial charge in [-0.3, -0.25) is 14.4 Å². The summed E-state index contributed by atoms with van der Waals surface area (Å²) in [6.07, 6.45) is 7.70. The molecule has 1 aromatic heterocycles. The third-order valence-electron chi connectivity index (χ3n) is 4.15. The van der Waals surface area contributed by atoms with Gasteiger partial charge in [-0.2, -0.15) is 4.99 Å². The molecule has 1 aromatic carbocycles. The molecular weight excluding hydrogens is 294 g/mol. The third-order valence-corrected chi connectivity index (χ3v) is 4.15. The number of rotatable bonds is 3. The number of nitrogens with zero attached hydrogens (tertiary/aromatic N) is 3. The van der Waals surface area contributed by atoms with Gasteiger partial charge in [0.1, 0.15) is 12.5 Å². The van der Waals surface area contributed by atoms with Crippen molar-refractivity contribution < 1.29 is 9.86 Å². The number of aliphatic imine (C=N–C) groups is 1. The highest BCUT2D eigenvalue weighted by Crippen LogP contribution is 2.21. The Kier molecular flexibility index (Phi) is 3.29. The lowest BCUT2D eigenvalue weighted by molar-refractivity contribution is -0.660. The summed E-state index contributed by atoms with van der Waals surface area (Å²) in [6, 6.07) is 8.13. The van der Waals surface area contributed by atoms with Crippen molar-refractivity contribution in [2.75, 3.05) is 0 Å². The molecule has 1 aliphatic heterocycles. The number of amides is 1. The first-order valence-corrected chi connectivity index (χ1v) is 7.41. The van der Waals surface area contributed by atoms with Gasteiger partial charge in [-0.1, -0.05) is 24.3 Å². The summed E-state index contributed by atoms with van der Waals surface area (Å²) < 4.78 is 1.55. The number of aromatic nitrogens is 2. The first-order chi connectivity index (χ1) is 11.2. The number of fused-ring (bicyclic) bond motifs is 1. The van der Waals surface area contributed by atoms with Crippen molar-refractivity contribution in [1.29, 1.82) is 0 Å². The maximum absolute atomic E-state index is 12.4. The minimum atomic E-state index is -0.417. The maximum atomic E-state index is 12.4. The number of carbonyl (C=O) groups is 1. The van der Waals surface area contributed by atoms with Crippen molar-refractivity contribution in [1.82, 2.24) is 14.9 Å². The second-order valence-electron chi connectivity index (χ2n) is 5.64. The normalized spacial score (nSPS) is 20.1. The number of carbonyl (C=O) groups excluding carboxylic acids is 1.